The van der Waals surface area contributed by atoms with Gasteiger partial charge < -0.3 is 15.4 Å². The summed E-state index contributed by atoms with van der Waals surface area (Å²) in [5, 5.41) is 5.33. The third-order valence-electron chi connectivity index (χ3n) is 2.22. The molecule has 17 heavy (non-hydrogen) atoms. The number of unbranched alkanes of at least 4 members (excludes halogenated alkanes) is 1. The molecule has 5 nitrogen and oxygen atoms in total. The molecule has 0 spiro atoms. The van der Waals surface area contributed by atoms with Gasteiger partial charge in [0.15, 0.2) is 0 Å². The first kappa shape index (κ1) is 16.1. The molecule has 0 aliphatic rings. The minimum absolute atomic E-state index is 0.310. The van der Waals surface area contributed by atoms with Crippen LogP contribution in [0.5, 0.6) is 0 Å². The smallest absolute Gasteiger partial charge is 0.328 e. The SMILES string of the molecule is CCCCNC(=O)NC(CCSC)C(=O)OC. The molecule has 0 aliphatic heterocycles. The first-order valence-electron chi connectivity index (χ1n) is 5.76. The second-order valence-electron chi connectivity index (χ2n) is 3.61. The van der Waals surface area contributed by atoms with Crippen LogP contribution in [0, 0.1) is 0 Å². The van der Waals surface area contributed by atoms with E-state index in [1.165, 1.54) is 7.11 Å². The lowest BCUT2D eigenvalue weighted by Gasteiger charge is -2.16. The van der Waals surface area contributed by atoms with Gasteiger partial charge in [-0.25, -0.2) is 9.59 Å². The van der Waals surface area contributed by atoms with Crippen LogP contribution in [0.4, 0.5) is 4.79 Å². The van der Waals surface area contributed by atoms with Crippen molar-refractivity contribution in [3.63, 3.8) is 0 Å². The van der Waals surface area contributed by atoms with Crippen molar-refractivity contribution in [1.29, 1.82) is 0 Å². The Balaban J connectivity index is 4.03. The van der Waals surface area contributed by atoms with Crippen LogP contribution in [0.2, 0.25) is 0 Å². The lowest BCUT2D eigenvalue weighted by Crippen LogP contribution is -2.46. The molecule has 0 aromatic heterocycles. The van der Waals surface area contributed by atoms with E-state index in [4.69, 9.17) is 0 Å². The number of rotatable bonds is 8. The van der Waals surface area contributed by atoms with E-state index in [1.807, 2.05) is 6.26 Å². The monoisotopic (exact) mass is 262 g/mol. The molecule has 1 atom stereocenters. The number of esters is 1. The van der Waals surface area contributed by atoms with Crippen molar-refractivity contribution in [3.05, 3.63) is 0 Å². The minimum Gasteiger partial charge on any atom is -0.467 e. The Bertz CT molecular complexity index is 237. The fourth-order valence-electron chi connectivity index (χ4n) is 1.21. The standard InChI is InChI=1S/C11H22N2O3S/c1-4-5-7-12-11(15)13-9(6-8-17-3)10(14)16-2/h9H,4-8H2,1-3H3,(H2,12,13,15). The minimum atomic E-state index is -0.561. The van der Waals surface area contributed by atoms with Crippen molar-refractivity contribution < 1.29 is 14.3 Å². The molecule has 2 N–H and O–H groups in total. The van der Waals surface area contributed by atoms with Gasteiger partial charge in [0.25, 0.3) is 0 Å². The van der Waals surface area contributed by atoms with Crippen LogP contribution in [0.3, 0.4) is 0 Å². The van der Waals surface area contributed by atoms with Crippen molar-refractivity contribution in [1.82, 2.24) is 10.6 Å². The zero-order chi connectivity index (χ0) is 13.1. The molecule has 0 rings (SSSR count). The van der Waals surface area contributed by atoms with Gasteiger partial charge >= 0.3 is 12.0 Å². The Morgan fingerprint density at radius 1 is 1.41 bits per heavy atom. The summed E-state index contributed by atoms with van der Waals surface area (Å²) in [5.41, 5.74) is 0. The Morgan fingerprint density at radius 2 is 2.12 bits per heavy atom. The molecular weight excluding hydrogens is 240 g/mol. The highest BCUT2D eigenvalue weighted by Gasteiger charge is 2.20. The molecule has 6 heteroatoms. The summed E-state index contributed by atoms with van der Waals surface area (Å²) in [6.07, 6.45) is 4.49. The molecule has 1 unspecified atom stereocenters. The first-order chi connectivity index (χ1) is 8.15. The largest absolute Gasteiger partial charge is 0.467 e. The third kappa shape index (κ3) is 7.90. The second-order valence-corrected chi connectivity index (χ2v) is 4.60. The van der Waals surface area contributed by atoms with Crippen LogP contribution < -0.4 is 10.6 Å². The van der Waals surface area contributed by atoms with Gasteiger partial charge in [-0.3, -0.25) is 0 Å². The number of nitrogens with one attached hydrogen (secondary N) is 2. The number of carbonyl (C=O) groups excluding carboxylic acids is 2. The van der Waals surface area contributed by atoms with Crippen molar-refractivity contribution in [3.8, 4) is 0 Å². The molecule has 0 heterocycles. The van der Waals surface area contributed by atoms with E-state index in [2.05, 4.69) is 22.3 Å². The summed E-state index contributed by atoms with van der Waals surface area (Å²) >= 11 is 1.63. The number of hydrogen-bond donors (Lipinski definition) is 2. The number of hydrogen-bond acceptors (Lipinski definition) is 4. The van der Waals surface area contributed by atoms with Crippen molar-refractivity contribution in [2.24, 2.45) is 0 Å². The first-order valence-corrected chi connectivity index (χ1v) is 7.16. The topological polar surface area (TPSA) is 67.4 Å². The number of ether oxygens (including phenoxy) is 1. The van der Waals surface area contributed by atoms with E-state index in [0.29, 0.717) is 13.0 Å². The maximum Gasteiger partial charge on any atom is 0.328 e. The predicted octanol–water partition coefficient (Wildman–Crippen LogP) is 1.38. The van der Waals surface area contributed by atoms with Crippen LogP contribution in [-0.2, 0) is 9.53 Å². The van der Waals surface area contributed by atoms with Crippen LogP contribution in [0.15, 0.2) is 0 Å². The Kier molecular flexibility index (Phi) is 9.71. The molecule has 100 valence electrons. The molecule has 0 fully saturated rings. The predicted molar refractivity (Wildman–Crippen MR) is 70.2 cm³/mol. The van der Waals surface area contributed by atoms with E-state index in [9.17, 15) is 9.59 Å². The van der Waals surface area contributed by atoms with Gasteiger partial charge in [-0.2, -0.15) is 11.8 Å². The number of thioether (sulfide) groups is 1. The summed E-state index contributed by atoms with van der Waals surface area (Å²) in [5.74, 6) is 0.402. The molecule has 0 aromatic carbocycles. The van der Waals surface area contributed by atoms with Crippen LogP contribution in [0.25, 0.3) is 0 Å². The molecular formula is C11H22N2O3S. The van der Waals surface area contributed by atoms with E-state index < -0.39 is 12.0 Å². The van der Waals surface area contributed by atoms with Gasteiger partial charge in [0, 0.05) is 6.54 Å². The summed E-state index contributed by atoms with van der Waals surface area (Å²) in [6.45, 7) is 2.67. The average Bonchev–Trinajstić information content (AvgIpc) is 2.33. The maximum atomic E-state index is 11.5. The highest BCUT2D eigenvalue weighted by atomic mass is 32.2. The molecule has 0 saturated heterocycles. The quantitative estimate of drug-likeness (QED) is 0.512. The van der Waals surface area contributed by atoms with Crippen LogP contribution >= 0.6 is 11.8 Å². The average molecular weight is 262 g/mol. The normalized spacial score (nSPS) is 11.7. The van der Waals surface area contributed by atoms with Gasteiger partial charge in [-0.1, -0.05) is 13.3 Å². The highest BCUT2D eigenvalue weighted by molar-refractivity contribution is 7.98. The Morgan fingerprint density at radius 3 is 2.65 bits per heavy atom. The molecule has 0 aliphatic carbocycles. The van der Waals surface area contributed by atoms with E-state index in [0.717, 1.165) is 18.6 Å². The number of urea groups is 1. The summed E-state index contributed by atoms with van der Waals surface area (Å²) in [7, 11) is 1.32. The molecule has 0 saturated carbocycles. The third-order valence-corrected chi connectivity index (χ3v) is 2.86. The van der Waals surface area contributed by atoms with E-state index >= 15 is 0 Å². The second kappa shape index (κ2) is 10.3. The molecule has 0 radical (unpaired) electrons. The maximum absolute atomic E-state index is 11.5. The Labute approximate surface area is 107 Å². The molecule has 2 amide bonds. The van der Waals surface area contributed by atoms with Crippen molar-refractivity contribution in [2.75, 3.05) is 25.7 Å². The van der Waals surface area contributed by atoms with Crippen LogP contribution in [-0.4, -0.2) is 43.7 Å². The highest BCUT2D eigenvalue weighted by Crippen LogP contribution is 2.02. The lowest BCUT2D eigenvalue weighted by molar-refractivity contribution is -0.142. The van der Waals surface area contributed by atoms with Gasteiger partial charge in [-0.05, 0) is 24.9 Å². The van der Waals surface area contributed by atoms with Gasteiger partial charge in [0.1, 0.15) is 6.04 Å². The zero-order valence-corrected chi connectivity index (χ0v) is 11.6. The summed E-state index contributed by atoms with van der Waals surface area (Å²) < 4.78 is 4.65. The van der Waals surface area contributed by atoms with E-state index in [-0.39, 0.29) is 6.03 Å². The van der Waals surface area contributed by atoms with Gasteiger partial charge in [0.05, 0.1) is 7.11 Å². The fraction of sp³-hybridized carbons (Fsp3) is 0.818. The van der Waals surface area contributed by atoms with E-state index in [1.54, 1.807) is 11.8 Å². The number of methoxy groups -OCH3 is 1. The zero-order valence-electron chi connectivity index (χ0n) is 10.7. The molecule has 0 bridgehead atoms. The van der Waals surface area contributed by atoms with Gasteiger partial charge in [-0.15, -0.1) is 0 Å². The Hall–Kier alpha value is -0.910. The van der Waals surface area contributed by atoms with Crippen molar-refractivity contribution in [2.45, 2.75) is 32.2 Å². The lowest BCUT2D eigenvalue weighted by atomic mass is 10.2. The molecule has 0 aromatic rings. The summed E-state index contributed by atoms with van der Waals surface area (Å²) in [4.78, 5) is 22.9. The van der Waals surface area contributed by atoms with Crippen LogP contribution in [0.1, 0.15) is 26.2 Å². The number of amides is 2. The van der Waals surface area contributed by atoms with Gasteiger partial charge in [0.2, 0.25) is 0 Å². The van der Waals surface area contributed by atoms with Crippen molar-refractivity contribution >= 4 is 23.8 Å². The number of carbonyl (C=O) groups is 2. The fourth-order valence-corrected chi connectivity index (χ4v) is 1.69. The summed E-state index contributed by atoms with van der Waals surface area (Å²) in [6, 6.07) is -0.871.